The maximum Gasteiger partial charge on any atom is 0.0640 e. The molecule has 11 rings (SSSR count). The lowest BCUT2D eigenvalue weighted by molar-refractivity contribution is 1.30. The van der Waals surface area contributed by atoms with Gasteiger partial charge in [-0.3, -0.25) is 0 Å². The molecule has 0 radical (unpaired) electrons. The molecule has 0 aliphatic heterocycles. The molecule has 5 heteroatoms. The molecule has 2 nitrogen and oxygen atoms in total. The highest BCUT2D eigenvalue weighted by Crippen LogP contribution is 2.50. The minimum atomic E-state index is 1.14. The maximum absolute atomic E-state index is 2.49. The van der Waals surface area contributed by atoms with E-state index in [1.54, 1.807) is 0 Å². The van der Waals surface area contributed by atoms with E-state index < -0.39 is 0 Å². The lowest BCUT2D eigenvalue weighted by atomic mass is 10.1. The first-order valence-corrected chi connectivity index (χ1v) is 20.2. The van der Waals surface area contributed by atoms with Crippen LogP contribution in [0.5, 0.6) is 0 Å². The van der Waals surface area contributed by atoms with E-state index in [1.165, 1.54) is 71.9 Å². The summed E-state index contributed by atoms with van der Waals surface area (Å²) >= 11 is 5.61. The van der Waals surface area contributed by atoms with Gasteiger partial charge >= 0.3 is 0 Å². The van der Waals surface area contributed by atoms with Crippen LogP contribution in [0.1, 0.15) is 0 Å². The molecule has 0 unspecified atom stereocenters. The Bertz CT molecular complexity index is 3100. The van der Waals surface area contributed by atoms with Crippen LogP contribution in [-0.2, 0) is 0 Å². The van der Waals surface area contributed by atoms with Crippen LogP contribution in [-0.4, -0.2) is 0 Å². The largest absolute Gasteiger partial charge is 0.310 e. The molecule has 53 heavy (non-hydrogen) atoms. The molecular weight excluding hydrogens is 701 g/mol. The molecule has 0 bridgehead atoms. The van der Waals surface area contributed by atoms with Gasteiger partial charge in [-0.1, -0.05) is 97.1 Å². The summed E-state index contributed by atoms with van der Waals surface area (Å²) in [6.07, 6.45) is 0. The Balaban J connectivity index is 1.18. The zero-order chi connectivity index (χ0) is 34.9. The molecule has 0 fully saturated rings. The van der Waals surface area contributed by atoms with Crippen LogP contribution < -0.4 is 9.80 Å². The van der Waals surface area contributed by atoms with E-state index in [9.17, 15) is 0 Å². The zero-order valence-corrected chi connectivity index (χ0v) is 30.9. The molecule has 0 saturated heterocycles. The summed E-state index contributed by atoms with van der Waals surface area (Å²) in [4.78, 5) is 4.88. The topological polar surface area (TPSA) is 6.48 Å². The lowest BCUT2D eigenvalue weighted by Crippen LogP contribution is -2.10. The molecule has 3 heterocycles. The van der Waals surface area contributed by atoms with Gasteiger partial charge in [0.15, 0.2) is 0 Å². The SMILES string of the molecule is c1ccc(N(c2ccccc2)c2cccc3c2sc2cccc(N(c4ccc5c(c4)sc4ccccc45)c4ccc5sc6ccccc6c5c4)c23)cc1. The fraction of sp³-hybridized carbons (Fsp3) is 0. The first kappa shape index (κ1) is 30.6. The molecule has 3 aromatic heterocycles. The van der Waals surface area contributed by atoms with Gasteiger partial charge in [0.25, 0.3) is 0 Å². The van der Waals surface area contributed by atoms with Crippen LogP contribution in [0.25, 0.3) is 60.5 Å². The summed E-state index contributed by atoms with van der Waals surface area (Å²) in [6, 6.07) is 66.6. The molecule has 0 spiro atoms. The second kappa shape index (κ2) is 12.3. The molecule has 0 aliphatic rings. The molecule has 0 saturated carbocycles. The van der Waals surface area contributed by atoms with E-state index in [2.05, 4.69) is 192 Å². The Kier molecular flexibility index (Phi) is 7.12. The Labute approximate surface area is 318 Å². The van der Waals surface area contributed by atoms with Crippen LogP contribution in [0.4, 0.5) is 34.1 Å². The van der Waals surface area contributed by atoms with Crippen LogP contribution in [0.15, 0.2) is 182 Å². The van der Waals surface area contributed by atoms with Crippen LogP contribution >= 0.6 is 34.0 Å². The smallest absolute Gasteiger partial charge is 0.0640 e. The van der Waals surface area contributed by atoms with Gasteiger partial charge in [-0.2, -0.15) is 0 Å². The number of thiophene rings is 3. The third-order valence-corrected chi connectivity index (χ3v) is 13.7. The van der Waals surface area contributed by atoms with Gasteiger partial charge in [0.2, 0.25) is 0 Å². The van der Waals surface area contributed by atoms with Crippen LogP contribution in [0, 0.1) is 0 Å². The van der Waals surface area contributed by atoms with Crippen molar-refractivity contribution in [1.82, 2.24) is 0 Å². The average Bonchev–Trinajstić information content (AvgIpc) is 3.91. The maximum atomic E-state index is 2.49. The molecule has 0 amide bonds. The molecule has 250 valence electrons. The van der Waals surface area contributed by atoms with Crippen LogP contribution in [0.3, 0.4) is 0 Å². The quantitative estimate of drug-likeness (QED) is 0.168. The first-order valence-electron chi connectivity index (χ1n) is 17.8. The van der Waals surface area contributed by atoms with E-state index in [0.717, 1.165) is 22.7 Å². The molecule has 0 aliphatic carbocycles. The van der Waals surface area contributed by atoms with E-state index in [4.69, 9.17) is 0 Å². The average molecular weight is 731 g/mol. The Morgan fingerprint density at radius 1 is 0.283 bits per heavy atom. The van der Waals surface area contributed by atoms with Crippen molar-refractivity contribution in [2.24, 2.45) is 0 Å². The fourth-order valence-corrected chi connectivity index (χ4v) is 11.3. The second-order valence-corrected chi connectivity index (χ2v) is 16.5. The van der Waals surface area contributed by atoms with Gasteiger partial charge in [-0.05, 0) is 84.9 Å². The first-order chi connectivity index (χ1) is 26.3. The summed E-state index contributed by atoms with van der Waals surface area (Å²) in [6.45, 7) is 0. The Morgan fingerprint density at radius 2 is 0.792 bits per heavy atom. The minimum absolute atomic E-state index is 1.14. The molecule has 8 aromatic carbocycles. The van der Waals surface area contributed by atoms with E-state index >= 15 is 0 Å². The molecule has 0 N–H and O–H groups in total. The van der Waals surface area contributed by atoms with Gasteiger partial charge in [-0.25, -0.2) is 0 Å². The van der Waals surface area contributed by atoms with E-state index in [-0.39, 0.29) is 0 Å². The highest BCUT2D eigenvalue weighted by atomic mass is 32.1. The summed E-state index contributed by atoms with van der Waals surface area (Å²) in [5, 5.41) is 7.74. The molecule has 0 atom stereocenters. The Hall–Kier alpha value is -5.98. The minimum Gasteiger partial charge on any atom is -0.310 e. The van der Waals surface area contributed by atoms with Gasteiger partial charge in [0.05, 0.1) is 16.1 Å². The number of para-hydroxylation sites is 2. The van der Waals surface area contributed by atoms with Gasteiger partial charge in [-0.15, -0.1) is 34.0 Å². The second-order valence-electron chi connectivity index (χ2n) is 13.3. The highest BCUT2D eigenvalue weighted by Gasteiger charge is 2.23. The third-order valence-electron chi connectivity index (χ3n) is 10.2. The summed E-state index contributed by atoms with van der Waals surface area (Å²) in [7, 11) is 0. The van der Waals surface area contributed by atoms with Crippen molar-refractivity contribution in [2.75, 3.05) is 9.80 Å². The van der Waals surface area contributed by atoms with Crippen molar-refractivity contribution < 1.29 is 0 Å². The highest BCUT2D eigenvalue weighted by molar-refractivity contribution is 7.27. The van der Waals surface area contributed by atoms with Crippen LogP contribution in [0.2, 0.25) is 0 Å². The predicted octanol–water partition coefficient (Wildman–Crippen LogP) is 15.7. The van der Waals surface area contributed by atoms with Crippen molar-refractivity contribution in [3.05, 3.63) is 182 Å². The van der Waals surface area contributed by atoms with Crippen molar-refractivity contribution in [1.29, 1.82) is 0 Å². The number of nitrogens with zero attached hydrogens (tertiary/aromatic N) is 2. The van der Waals surface area contributed by atoms with Gasteiger partial charge in [0.1, 0.15) is 0 Å². The predicted molar refractivity (Wildman–Crippen MR) is 234 cm³/mol. The number of hydrogen-bond acceptors (Lipinski definition) is 5. The van der Waals surface area contributed by atoms with E-state index in [1.807, 2.05) is 34.0 Å². The monoisotopic (exact) mass is 730 g/mol. The number of anilines is 6. The van der Waals surface area contributed by atoms with Crippen molar-refractivity contribution in [3.63, 3.8) is 0 Å². The fourth-order valence-electron chi connectivity index (χ4n) is 7.89. The number of hydrogen-bond donors (Lipinski definition) is 0. The number of rotatable bonds is 6. The standard InChI is InChI=1S/C48H30N2S3/c1-3-13-31(14-4-1)49(32-15-5-2-6-16-32)41-21-11-19-38-47-40(20-12-24-45(47)53-48(38)41)50(33-26-28-44-39(29-33)36-18-8-10-23-43(36)51-44)34-25-27-37-35-17-7-9-22-42(35)52-46(37)30-34/h1-30H. The summed E-state index contributed by atoms with van der Waals surface area (Å²) in [5.74, 6) is 0. The normalized spacial score (nSPS) is 11.8. The van der Waals surface area contributed by atoms with Gasteiger partial charge < -0.3 is 9.80 Å². The van der Waals surface area contributed by atoms with E-state index in [0.29, 0.717) is 0 Å². The van der Waals surface area contributed by atoms with Crippen molar-refractivity contribution in [2.45, 2.75) is 0 Å². The van der Waals surface area contributed by atoms with Gasteiger partial charge in [0, 0.05) is 78.6 Å². The summed E-state index contributed by atoms with van der Waals surface area (Å²) in [5.41, 5.74) is 6.94. The zero-order valence-electron chi connectivity index (χ0n) is 28.4. The Morgan fingerprint density at radius 3 is 1.55 bits per heavy atom. The van der Waals surface area contributed by atoms with Crippen molar-refractivity contribution in [3.8, 4) is 0 Å². The number of benzene rings is 8. The van der Waals surface area contributed by atoms with Crippen molar-refractivity contribution >= 4 is 129 Å². The number of fused-ring (bicyclic) bond motifs is 9. The third kappa shape index (κ3) is 4.96. The lowest BCUT2D eigenvalue weighted by Gasteiger charge is -2.27. The molecular formula is C48H30N2S3. The summed E-state index contributed by atoms with van der Waals surface area (Å²) < 4.78 is 7.76. The molecule has 11 aromatic rings.